The zero-order valence-corrected chi connectivity index (χ0v) is 13.1. The quantitative estimate of drug-likeness (QED) is 0.789. The van der Waals surface area contributed by atoms with Crippen molar-refractivity contribution in [3.8, 4) is 5.75 Å². The normalized spacial score (nSPS) is 18.6. The van der Waals surface area contributed by atoms with E-state index in [1.165, 1.54) is 19.2 Å². The Labute approximate surface area is 138 Å². The van der Waals surface area contributed by atoms with Crippen LogP contribution in [0.5, 0.6) is 5.75 Å². The van der Waals surface area contributed by atoms with Gasteiger partial charge in [0.15, 0.2) is 0 Å². The number of carbonyl (C=O) groups is 2. The highest BCUT2D eigenvalue weighted by molar-refractivity contribution is 6.00. The van der Waals surface area contributed by atoms with E-state index in [9.17, 15) is 19.8 Å². The highest BCUT2D eigenvalue weighted by atomic mass is 16.5. The molecule has 1 amide bonds. The number of benzene rings is 2. The van der Waals surface area contributed by atoms with E-state index >= 15 is 0 Å². The SMILES string of the molecule is CNC(=O)c1cc(C(=O)O)cc2c1OC[C@@]2(CO)c1ccccc1. The van der Waals surface area contributed by atoms with Crippen LogP contribution in [-0.2, 0) is 5.41 Å². The maximum Gasteiger partial charge on any atom is 0.335 e. The summed E-state index contributed by atoms with van der Waals surface area (Å²) in [6.07, 6.45) is 0. The van der Waals surface area contributed by atoms with E-state index in [4.69, 9.17) is 4.74 Å². The van der Waals surface area contributed by atoms with Crippen LogP contribution in [0.4, 0.5) is 0 Å². The van der Waals surface area contributed by atoms with Gasteiger partial charge < -0.3 is 20.3 Å². The van der Waals surface area contributed by atoms with Gasteiger partial charge in [0.25, 0.3) is 5.91 Å². The van der Waals surface area contributed by atoms with Gasteiger partial charge in [-0.2, -0.15) is 0 Å². The van der Waals surface area contributed by atoms with Gasteiger partial charge in [-0.1, -0.05) is 30.3 Å². The molecule has 2 aromatic rings. The Balaban J connectivity index is 2.28. The number of fused-ring (bicyclic) bond motifs is 1. The first-order chi connectivity index (χ1) is 11.5. The molecule has 0 spiro atoms. The Kier molecular flexibility index (Phi) is 3.99. The van der Waals surface area contributed by atoms with E-state index in [0.29, 0.717) is 11.3 Å². The van der Waals surface area contributed by atoms with Crippen LogP contribution in [0.25, 0.3) is 0 Å². The lowest BCUT2D eigenvalue weighted by atomic mass is 9.76. The van der Waals surface area contributed by atoms with Crippen molar-refractivity contribution in [1.82, 2.24) is 5.32 Å². The largest absolute Gasteiger partial charge is 0.491 e. The number of carbonyl (C=O) groups excluding carboxylic acids is 1. The predicted molar refractivity (Wildman–Crippen MR) is 86.6 cm³/mol. The fourth-order valence-electron chi connectivity index (χ4n) is 3.06. The average Bonchev–Trinajstić information content (AvgIpc) is 3.00. The number of aliphatic hydroxyl groups excluding tert-OH is 1. The topological polar surface area (TPSA) is 95.9 Å². The first kappa shape index (κ1) is 16.0. The van der Waals surface area contributed by atoms with Crippen LogP contribution in [0.2, 0.25) is 0 Å². The Hall–Kier alpha value is -2.86. The maximum absolute atomic E-state index is 12.1. The van der Waals surface area contributed by atoms with Gasteiger partial charge in [0, 0.05) is 12.6 Å². The number of carboxylic acid groups (broad SMARTS) is 1. The van der Waals surface area contributed by atoms with Crippen molar-refractivity contribution in [3.63, 3.8) is 0 Å². The summed E-state index contributed by atoms with van der Waals surface area (Å²) in [6, 6.07) is 12.0. The zero-order chi connectivity index (χ0) is 17.3. The van der Waals surface area contributed by atoms with E-state index in [2.05, 4.69) is 5.32 Å². The highest BCUT2D eigenvalue weighted by Crippen LogP contribution is 2.45. The van der Waals surface area contributed by atoms with Crippen molar-refractivity contribution in [2.24, 2.45) is 0 Å². The second-order valence-electron chi connectivity index (χ2n) is 5.68. The maximum atomic E-state index is 12.1. The third kappa shape index (κ3) is 2.32. The Bertz CT molecular complexity index is 803. The lowest BCUT2D eigenvalue weighted by Gasteiger charge is -2.26. The zero-order valence-electron chi connectivity index (χ0n) is 13.1. The monoisotopic (exact) mass is 327 g/mol. The van der Waals surface area contributed by atoms with Crippen LogP contribution in [0.15, 0.2) is 42.5 Å². The van der Waals surface area contributed by atoms with Crippen molar-refractivity contribution in [1.29, 1.82) is 0 Å². The number of carboxylic acids is 1. The predicted octanol–water partition coefficient (Wildman–Crippen LogP) is 1.42. The number of hydrogen-bond acceptors (Lipinski definition) is 4. The van der Waals surface area contributed by atoms with Crippen molar-refractivity contribution in [2.75, 3.05) is 20.3 Å². The summed E-state index contributed by atoms with van der Waals surface area (Å²) in [5.41, 5.74) is 0.543. The van der Waals surface area contributed by atoms with E-state index in [1.54, 1.807) is 0 Å². The fraction of sp³-hybridized carbons (Fsp3) is 0.222. The lowest BCUT2D eigenvalue weighted by molar-refractivity contribution is 0.0696. The number of aromatic carboxylic acids is 1. The minimum atomic E-state index is -1.14. The summed E-state index contributed by atoms with van der Waals surface area (Å²) in [7, 11) is 1.47. The van der Waals surface area contributed by atoms with Crippen LogP contribution >= 0.6 is 0 Å². The molecule has 3 rings (SSSR count). The molecule has 0 saturated heterocycles. The summed E-state index contributed by atoms with van der Waals surface area (Å²) in [5.74, 6) is -1.26. The molecule has 1 heterocycles. The molecule has 0 fully saturated rings. The standard InChI is InChI=1S/C18H17NO5/c1-19-16(21)13-7-11(17(22)23)8-14-15(13)24-10-18(14,9-20)12-5-3-2-4-6-12/h2-8,20H,9-10H2,1H3,(H,19,21)(H,22,23)/t18-/m0/s1. The van der Waals surface area contributed by atoms with Gasteiger partial charge in [0.05, 0.1) is 23.1 Å². The molecule has 0 aromatic heterocycles. The average molecular weight is 327 g/mol. The molecular formula is C18H17NO5. The smallest absolute Gasteiger partial charge is 0.335 e. The highest BCUT2D eigenvalue weighted by Gasteiger charge is 2.44. The Morgan fingerprint density at radius 3 is 2.54 bits per heavy atom. The van der Waals surface area contributed by atoms with Gasteiger partial charge in [-0.3, -0.25) is 4.79 Å². The van der Waals surface area contributed by atoms with Crippen LogP contribution in [-0.4, -0.2) is 42.4 Å². The van der Waals surface area contributed by atoms with Crippen molar-refractivity contribution < 1.29 is 24.5 Å². The molecule has 1 atom stereocenters. The molecule has 2 aromatic carbocycles. The molecule has 3 N–H and O–H groups in total. The second-order valence-corrected chi connectivity index (χ2v) is 5.68. The van der Waals surface area contributed by atoms with Gasteiger partial charge in [-0.05, 0) is 17.7 Å². The third-order valence-corrected chi connectivity index (χ3v) is 4.38. The number of aliphatic hydroxyl groups is 1. The molecule has 0 saturated carbocycles. The summed E-state index contributed by atoms with van der Waals surface area (Å²) < 4.78 is 5.73. The summed E-state index contributed by atoms with van der Waals surface area (Å²) in [5, 5.41) is 22.0. The van der Waals surface area contributed by atoms with Crippen molar-refractivity contribution >= 4 is 11.9 Å². The van der Waals surface area contributed by atoms with E-state index in [-0.39, 0.29) is 24.3 Å². The minimum absolute atomic E-state index is 0.0217. The number of ether oxygens (including phenoxy) is 1. The lowest BCUT2D eigenvalue weighted by Crippen LogP contribution is -2.34. The van der Waals surface area contributed by atoms with Gasteiger partial charge in [0.1, 0.15) is 12.4 Å². The Morgan fingerprint density at radius 1 is 1.25 bits per heavy atom. The van der Waals surface area contributed by atoms with E-state index < -0.39 is 17.3 Å². The molecular weight excluding hydrogens is 310 g/mol. The first-order valence-electron chi connectivity index (χ1n) is 7.46. The van der Waals surface area contributed by atoms with Crippen molar-refractivity contribution in [3.05, 3.63) is 64.7 Å². The number of rotatable bonds is 4. The summed E-state index contributed by atoms with van der Waals surface area (Å²) in [4.78, 5) is 23.6. The second kappa shape index (κ2) is 5.98. The van der Waals surface area contributed by atoms with Gasteiger partial charge in [-0.15, -0.1) is 0 Å². The van der Waals surface area contributed by atoms with Crippen LogP contribution in [0, 0.1) is 0 Å². The van der Waals surface area contributed by atoms with Crippen molar-refractivity contribution in [2.45, 2.75) is 5.41 Å². The molecule has 24 heavy (non-hydrogen) atoms. The molecule has 6 nitrogen and oxygen atoms in total. The van der Waals surface area contributed by atoms with Crippen LogP contribution in [0.3, 0.4) is 0 Å². The molecule has 1 aliphatic rings. The Morgan fingerprint density at radius 2 is 1.96 bits per heavy atom. The van der Waals surface area contributed by atoms with Gasteiger partial charge in [-0.25, -0.2) is 4.79 Å². The summed E-state index contributed by atoms with van der Waals surface area (Å²) in [6.45, 7) is -0.129. The summed E-state index contributed by atoms with van der Waals surface area (Å²) >= 11 is 0. The number of amides is 1. The number of nitrogens with one attached hydrogen (secondary N) is 1. The van der Waals surface area contributed by atoms with Gasteiger partial charge >= 0.3 is 5.97 Å². The third-order valence-electron chi connectivity index (χ3n) is 4.38. The molecule has 0 aliphatic carbocycles. The van der Waals surface area contributed by atoms with Crippen LogP contribution < -0.4 is 10.1 Å². The minimum Gasteiger partial charge on any atom is -0.491 e. The van der Waals surface area contributed by atoms with Crippen LogP contribution in [0.1, 0.15) is 31.8 Å². The van der Waals surface area contributed by atoms with Gasteiger partial charge in [0.2, 0.25) is 0 Å². The molecule has 1 aliphatic heterocycles. The molecule has 0 bridgehead atoms. The molecule has 0 radical (unpaired) electrons. The van der Waals surface area contributed by atoms with E-state index in [1.807, 2.05) is 30.3 Å². The first-order valence-corrected chi connectivity index (χ1v) is 7.46. The molecule has 124 valence electrons. The number of hydrogen-bond donors (Lipinski definition) is 3. The molecule has 0 unspecified atom stereocenters. The van der Waals surface area contributed by atoms with E-state index in [0.717, 1.165) is 5.56 Å². The fourth-order valence-corrected chi connectivity index (χ4v) is 3.06. The molecule has 6 heteroatoms.